The van der Waals surface area contributed by atoms with Crippen LogP contribution in [0, 0.1) is 5.92 Å². The second-order valence-electron chi connectivity index (χ2n) is 3.57. The number of likely N-dealkylation sites (N-methyl/N-ethyl adjacent to an activating group) is 1. The van der Waals surface area contributed by atoms with E-state index in [1.54, 1.807) is 0 Å². The Morgan fingerprint density at radius 1 is 1.75 bits per heavy atom. The van der Waals surface area contributed by atoms with Crippen molar-refractivity contribution in [1.82, 2.24) is 4.90 Å². The van der Waals surface area contributed by atoms with Crippen molar-refractivity contribution in [2.45, 2.75) is 18.9 Å². The van der Waals surface area contributed by atoms with Gasteiger partial charge in [-0.3, -0.25) is 4.79 Å². The second-order valence-corrected chi connectivity index (χ2v) is 3.57. The Bertz CT molecular complexity index is 172. The van der Waals surface area contributed by atoms with Gasteiger partial charge in [0.2, 0.25) is 0 Å². The number of carbonyl (C=O) groups is 1. The molecule has 2 atom stereocenters. The van der Waals surface area contributed by atoms with Gasteiger partial charge in [-0.1, -0.05) is 0 Å². The smallest absolute Gasteiger partial charge is 0.303 e. The van der Waals surface area contributed by atoms with E-state index in [9.17, 15) is 4.79 Å². The van der Waals surface area contributed by atoms with Crippen molar-refractivity contribution in [3.05, 3.63) is 0 Å². The Hall–Kier alpha value is -0.610. The predicted molar refractivity (Wildman–Crippen MR) is 45.8 cm³/mol. The fraction of sp³-hybridized carbons (Fsp3) is 0.875. The summed E-state index contributed by atoms with van der Waals surface area (Å²) in [7, 11) is 2.01. The van der Waals surface area contributed by atoms with Crippen LogP contribution < -0.4 is 5.73 Å². The van der Waals surface area contributed by atoms with Crippen molar-refractivity contribution < 1.29 is 9.90 Å². The van der Waals surface area contributed by atoms with Gasteiger partial charge in [0.25, 0.3) is 0 Å². The summed E-state index contributed by atoms with van der Waals surface area (Å²) < 4.78 is 0. The molecule has 1 fully saturated rings. The van der Waals surface area contributed by atoms with Gasteiger partial charge in [0, 0.05) is 19.0 Å². The third kappa shape index (κ3) is 2.46. The number of rotatable bonds is 2. The van der Waals surface area contributed by atoms with Crippen molar-refractivity contribution in [2.75, 3.05) is 20.1 Å². The molecule has 0 aromatic carbocycles. The van der Waals surface area contributed by atoms with Crippen LogP contribution in [0.1, 0.15) is 12.8 Å². The van der Waals surface area contributed by atoms with E-state index < -0.39 is 5.97 Å². The standard InChI is InChI=1S/C8H16N2O2/c1-10-3-2-6(4-8(11)12)7(9)5-10/h6-7H,2-5,9H2,1H3,(H,11,12). The van der Waals surface area contributed by atoms with Gasteiger partial charge >= 0.3 is 5.97 Å². The predicted octanol–water partition coefficient (Wildman–Crippen LogP) is -0.260. The zero-order chi connectivity index (χ0) is 9.14. The largest absolute Gasteiger partial charge is 0.481 e. The summed E-state index contributed by atoms with van der Waals surface area (Å²) in [6.45, 7) is 1.78. The number of aliphatic carboxylic acids is 1. The van der Waals surface area contributed by atoms with E-state index in [0.29, 0.717) is 0 Å². The SMILES string of the molecule is CN1CCC(CC(=O)O)C(N)C1. The molecule has 1 aliphatic rings. The molecule has 0 aromatic heterocycles. The Morgan fingerprint density at radius 3 is 2.92 bits per heavy atom. The molecule has 1 rings (SSSR count). The number of nitrogens with zero attached hydrogens (tertiary/aromatic N) is 1. The number of carboxylic acids is 1. The van der Waals surface area contributed by atoms with Crippen molar-refractivity contribution in [1.29, 1.82) is 0 Å². The fourth-order valence-electron chi connectivity index (χ4n) is 1.68. The van der Waals surface area contributed by atoms with Crippen LogP contribution in [0.4, 0.5) is 0 Å². The van der Waals surface area contributed by atoms with Crippen molar-refractivity contribution in [2.24, 2.45) is 11.7 Å². The lowest BCUT2D eigenvalue weighted by molar-refractivity contribution is -0.138. The monoisotopic (exact) mass is 172 g/mol. The van der Waals surface area contributed by atoms with Crippen LogP contribution in [0.3, 0.4) is 0 Å². The molecular weight excluding hydrogens is 156 g/mol. The first-order valence-corrected chi connectivity index (χ1v) is 4.25. The molecule has 3 N–H and O–H groups in total. The highest BCUT2D eigenvalue weighted by Gasteiger charge is 2.26. The molecule has 1 aliphatic heterocycles. The molecule has 0 aliphatic carbocycles. The molecule has 0 bridgehead atoms. The number of nitrogens with two attached hydrogens (primary N) is 1. The lowest BCUT2D eigenvalue weighted by Crippen LogP contribution is -2.47. The van der Waals surface area contributed by atoms with Gasteiger partial charge in [-0.15, -0.1) is 0 Å². The third-order valence-electron chi connectivity index (χ3n) is 2.45. The molecule has 1 saturated heterocycles. The molecule has 0 spiro atoms. The minimum Gasteiger partial charge on any atom is -0.481 e. The Morgan fingerprint density at radius 2 is 2.42 bits per heavy atom. The van der Waals surface area contributed by atoms with Gasteiger partial charge in [0.15, 0.2) is 0 Å². The van der Waals surface area contributed by atoms with E-state index in [-0.39, 0.29) is 18.4 Å². The van der Waals surface area contributed by atoms with Crippen LogP contribution in [-0.2, 0) is 4.79 Å². The van der Waals surface area contributed by atoms with E-state index in [1.807, 2.05) is 7.05 Å². The number of likely N-dealkylation sites (tertiary alicyclic amines) is 1. The van der Waals surface area contributed by atoms with E-state index in [2.05, 4.69) is 4.90 Å². The number of carboxylic acid groups (broad SMARTS) is 1. The molecule has 0 aromatic rings. The number of hydrogen-bond donors (Lipinski definition) is 2. The van der Waals surface area contributed by atoms with E-state index in [0.717, 1.165) is 19.5 Å². The van der Waals surface area contributed by atoms with Gasteiger partial charge < -0.3 is 15.7 Å². The summed E-state index contributed by atoms with van der Waals surface area (Å²) in [5, 5.41) is 8.58. The van der Waals surface area contributed by atoms with Crippen LogP contribution in [0.15, 0.2) is 0 Å². The van der Waals surface area contributed by atoms with Crippen LogP contribution in [0.25, 0.3) is 0 Å². The number of piperidine rings is 1. The van der Waals surface area contributed by atoms with E-state index >= 15 is 0 Å². The summed E-state index contributed by atoms with van der Waals surface area (Å²) in [5.74, 6) is -0.571. The first kappa shape index (κ1) is 9.48. The maximum atomic E-state index is 10.4. The summed E-state index contributed by atoms with van der Waals surface area (Å²) in [4.78, 5) is 12.6. The molecular formula is C8H16N2O2. The maximum absolute atomic E-state index is 10.4. The van der Waals surface area contributed by atoms with Crippen LogP contribution in [0.2, 0.25) is 0 Å². The van der Waals surface area contributed by atoms with Crippen molar-refractivity contribution in [3.8, 4) is 0 Å². The third-order valence-corrected chi connectivity index (χ3v) is 2.45. The summed E-state index contributed by atoms with van der Waals surface area (Å²) in [6.07, 6.45) is 1.12. The van der Waals surface area contributed by atoms with Gasteiger partial charge in [-0.25, -0.2) is 0 Å². The van der Waals surface area contributed by atoms with Crippen LogP contribution in [-0.4, -0.2) is 42.2 Å². The average Bonchev–Trinajstić information content (AvgIpc) is 1.94. The lowest BCUT2D eigenvalue weighted by atomic mass is 9.90. The number of hydrogen-bond acceptors (Lipinski definition) is 3. The zero-order valence-corrected chi connectivity index (χ0v) is 7.36. The van der Waals surface area contributed by atoms with Gasteiger partial charge in [-0.2, -0.15) is 0 Å². The normalized spacial score (nSPS) is 31.8. The molecule has 0 radical (unpaired) electrons. The second kappa shape index (κ2) is 3.87. The van der Waals surface area contributed by atoms with E-state index in [4.69, 9.17) is 10.8 Å². The van der Waals surface area contributed by atoms with Crippen LogP contribution in [0.5, 0.6) is 0 Å². The van der Waals surface area contributed by atoms with Gasteiger partial charge in [-0.05, 0) is 25.9 Å². The molecule has 4 nitrogen and oxygen atoms in total. The lowest BCUT2D eigenvalue weighted by Gasteiger charge is -2.33. The molecule has 2 unspecified atom stereocenters. The fourth-order valence-corrected chi connectivity index (χ4v) is 1.68. The summed E-state index contributed by atoms with van der Waals surface area (Å²) in [6, 6.07) is 0.0276. The average molecular weight is 172 g/mol. The van der Waals surface area contributed by atoms with Gasteiger partial charge in [0.05, 0.1) is 0 Å². The molecule has 0 amide bonds. The van der Waals surface area contributed by atoms with Crippen molar-refractivity contribution in [3.63, 3.8) is 0 Å². The zero-order valence-electron chi connectivity index (χ0n) is 7.36. The van der Waals surface area contributed by atoms with Crippen LogP contribution >= 0.6 is 0 Å². The highest BCUT2D eigenvalue weighted by Crippen LogP contribution is 2.18. The van der Waals surface area contributed by atoms with Crippen molar-refractivity contribution >= 4 is 5.97 Å². The van der Waals surface area contributed by atoms with E-state index in [1.165, 1.54) is 0 Å². The van der Waals surface area contributed by atoms with Gasteiger partial charge in [0.1, 0.15) is 0 Å². The first-order chi connectivity index (χ1) is 5.59. The highest BCUT2D eigenvalue weighted by molar-refractivity contribution is 5.67. The summed E-state index contributed by atoms with van der Waals surface area (Å²) >= 11 is 0. The molecule has 12 heavy (non-hydrogen) atoms. The minimum atomic E-state index is -0.736. The topological polar surface area (TPSA) is 66.6 Å². The first-order valence-electron chi connectivity index (χ1n) is 4.25. The minimum absolute atomic E-state index is 0.0276. The Balaban J connectivity index is 2.39. The molecule has 1 heterocycles. The molecule has 4 heteroatoms. The molecule has 0 saturated carbocycles. The maximum Gasteiger partial charge on any atom is 0.303 e. The quantitative estimate of drug-likeness (QED) is 0.602. The Kier molecular flexibility index (Phi) is 3.05. The Labute approximate surface area is 72.3 Å². The summed E-state index contributed by atoms with van der Waals surface area (Å²) in [5.41, 5.74) is 5.81. The highest BCUT2D eigenvalue weighted by atomic mass is 16.4. The molecule has 70 valence electrons.